The molecule has 0 spiro atoms. The van der Waals surface area contributed by atoms with Crippen LogP contribution in [0.2, 0.25) is 0 Å². The average molecular weight is 231 g/mol. The Labute approximate surface area is 102 Å². The molecule has 4 nitrogen and oxygen atoms in total. The first-order valence-electron chi connectivity index (χ1n) is 6.00. The van der Waals surface area contributed by atoms with Crippen molar-refractivity contribution < 1.29 is 5.11 Å². The topological polar surface area (TPSA) is 60.1 Å². The lowest BCUT2D eigenvalue weighted by Gasteiger charge is -2.22. The highest BCUT2D eigenvalue weighted by molar-refractivity contribution is 5.42. The van der Waals surface area contributed by atoms with Crippen LogP contribution in [0.25, 0.3) is 0 Å². The van der Waals surface area contributed by atoms with Crippen molar-refractivity contribution in [1.29, 1.82) is 5.26 Å². The molecule has 0 aromatic carbocycles. The van der Waals surface area contributed by atoms with E-state index in [0.717, 1.165) is 17.9 Å². The number of hydrogen-bond donors (Lipinski definition) is 1. The third kappa shape index (κ3) is 2.95. The molecule has 1 atom stereocenters. The second-order valence-electron chi connectivity index (χ2n) is 4.46. The SMILES string of the molecule is CC(O)c1ccc(N(CCC#N)C2CC2)nc1. The predicted octanol–water partition coefficient (Wildman–Crippen LogP) is 2.02. The summed E-state index contributed by atoms with van der Waals surface area (Å²) in [7, 11) is 0. The lowest BCUT2D eigenvalue weighted by atomic mass is 10.2. The average Bonchev–Trinajstić information content (AvgIpc) is 3.14. The van der Waals surface area contributed by atoms with Crippen LogP contribution in [-0.4, -0.2) is 22.7 Å². The minimum Gasteiger partial charge on any atom is -0.389 e. The van der Waals surface area contributed by atoms with E-state index in [1.165, 1.54) is 12.8 Å². The summed E-state index contributed by atoms with van der Waals surface area (Å²) < 4.78 is 0. The van der Waals surface area contributed by atoms with Crippen molar-refractivity contribution >= 4 is 5.82 Å². The number of aliphatic hydroxyl groups excluding tert-OH is 1. The summed E-state index contributed by atoms with van der Waals surface area (Å²) in [6.07, 6.45) is 4.12. The monoisotopic (exact) mass is 231 g/mol. The minimum absolute atomic E-state index is 0.481. The van der Waals surface area contributed by atoms with Gasteiger partial charge in [-0.3, -0.25) is 0 Å². The van der Waals surface area contributed by atoms with Crippen molar-refractivity contribution in [2.45, 2.75) is 38.3 Å². The van der Waals surface area contributed by atoms with Gasteiger partial charge in [0.05, 0.1) is 18.6 Å². The second-order valence-corrected chi connectivity index (χ2v) is 4.46. The first-order chi connectivity index (χ1) is 8.22. The number of anilines is 1. The van der Waals surface area contributed by atoms with Crippen LogP contribution in [0.1, 0.15) is 37.9 Å². The smallest absolute Gasteiger partial charge is 0.128 e. The van der Waals surface area contributed by atoms with Gasteiger partial charge in [0.15, 0.2) is 0 Å². The number of hydrogen-bond acceptors (Lipinski definition) is 4. The Bertz CT molecular complexity index is 404. The number of nitrogens with zero attached hydrogens (tertiary/aromatic N) is 3. The van der Waals surface area contributed by atoms with Crippen LogP contribution in [-0.2, 0) is 0 Å². The second kappa shape index (κ2) is 5.15. The molecule has 90 valence electrons. The molecule has 0 saturated heterocycles. The molecular formula is C13H17N3O. The van der Waals surface area contributed by atoms with E-state index in [1.807, 2.05) is 12.1 Å². The van der Waals surface area contributed by atoms with Gasteiger partial charge in [0.25, 0.3) is 0 Å². The summed E-state index contributed by atoms with van der Waals surface area (Å²) in [6, 6.07) is 6.55. The Morgan fingerprint density at radius 2 is 2.35 bits per heavy atom. The van der Waals surface area contributed by atoms with E-state index in [-0.39, 0.29) is 0 Å². The Hall–Kier alpha value is -1.60. The van der Waals surface area contributed by atoms with Crippen LogP contribution in [0, 0.1) is 11.3 Å². The summed E-state index contributed by atoms with van der Waals surface area (Å²) >= 11 is 0. The van der Waals surface area contributed by atoms with Crippen LogP contribution in [0.3, 0.4) is 0 Å². The van der Waals surface area contributed by atoms with E-state index in [1.54, 1.807) is 13.1 Å². The molecule has 0 aliphatic heterocycles. The van der Waals surface area contributed by atoms with Crippen molar-refractivity contribution in [2.24, 2.45) is 0 Å². The summed E-state index contributed by atoms with van der Waals surface area (Å²) in [5.41, 5.74) is 0.824. The summed E-state index contributed by atoms with van der Waals surface area (Å²) in [6.45, 7) is 2.47. The van der Waals surface area contributed by atoms with E-state index < -0.39 is 6.10 Å². The van der Waals surface area contributed by atoms with Gasteiger partial charge in [-0.1, -0.05) is 6.07 Å². The van der Waals surface area contributed by atoms with Crippen LogP contribution in [0.15, 0.2) is 18.3 Å². The lowest BCUT2D eigenvalue weighted by molar-refractivity contribution is 0.199. The highest BCUT2D eigenvalue weighted by atomic mass is 16.3. The minimum atomic E-state index is -0.481. The molecular weight excluding hydrogens is 214 g/mol. The molecule has 1 heterocycles. The van der Waals surface area contributed by atoms with Crippen molar-refractivity contribution in [3.63, 3.8) is 0 Å². The highest BCUT2D eigenvalue weighted by Crippen LogP contribution is 2.30. The largest absolute Gasteiger partial charge is 0.389 e. The fourth-order valence-corrected chi connectivity index (χ4v) is 1.86. The van der Waals surface area contributed by atoms with Gasteiger partial charge in [0.2, 0.25) is 0 Å². The molecule has 1 saturated carbocycles. The van der Waals surface area contributed by atoms with Gasteiger partial charge in [-0.25, -0.2) is 4.98 Å². The van der Waals surface area contributed by atoms with E-state index in [9.17, 15) is 5.11 Å². The fourth-order valence-electron chi connectivity index (χ4n) is 1.86. The molecule has 0 amide bonds. The highest BCUT2D eigenvalue weighted by Gasteiger charge is 2.29. The predicted molar refractivity (Wildman–Crippen MR) is 65.5 cm³/mol. The van der Waals surface area contributed by atoms with Gasteiger partial charge in [0, 0.05) is 18.8 Å². The van der Waals surface area contributed by atoms with Gasteiger partial charge < -0.3 is 10.0 Å². The zero-order valence-electron chi connectivity index (χ0n) is 10.0. The van der Waals surface area contributed by atoms with Crippen LogP contribution < -0.4 is 4.90 Å². The van der Waals surface area contributed by atoms with Gasteiger partial charge in [-0.2, -0.15) is 5.26 Å². The number of nitriles is 1. The van der Waals surface area contributed by atoms with Crippen molar-refractivity contribution in [3.05, 3.63) is 23.9 Å². The first-order valence-corrected chi connectivity index (χ1v) is 6.00. The maximum atomic E-state index is 9.42. The number of aromatic nitrogens is 1. The van der Waals surface area contributed by atoms with E-state index >= 15 is 0 Å². The lowest BCUT2D eigenvalue weighted by Crippen LogP contribution is -2.27. The van der Waals surface area contributed by atoms with Crippen LogP contribution in [0.5, 0.6) is 0 Å². The molecule has 1 aliphatic rings. The van der Waals surface area contributed by atoms with Gasteiger partial charge in [-0.05, 0) is 31.4 Å². The molecule has 4 heteroatoms. The van der Waals surface area contributed by atoms with E-state index in [0.29, 0.717) is 12.5 Å². The maximum absolute atomic E-state index is 9.42. The Morgan fingerprint density at radius 1 is 1.59 bits per heavy atom. The van der Waals surface area contributed by atoms with Crippen molar-refractivity contribution in [3.8, 4) is 6.07 Å². The van der Waals surface area contributed by atoms with Gasteiger partial charge in [-0.15, -0.1) is 0 Å². The number of aliphatic hydroxyl groups is 1. The number of rotatable bonds is 5. The fraction of sp³-hybridized carbons (Fsp3) is 0.538. The third-order valence-corrected chi connectivity index (χ3v) is 3.00. The van der Waals surface area contributed by atoms with Gasteiger partial charge in [0.1, 0.15) is 5.82 Å². The Morgan fingerprint density at radius 3 is 2.82 bits per heavy atom. The maximum Gasteiger partial charge on any atom is 0.128 e. The zero-order chi connectivity index (χ0) is 12.3. The zero-order valence-corrected chi connectivity index (χ0v) is 10.0. The molecule has 2 rings (SSSR count). The molecule has 1 aliphatic carbocycles. The molecule has 0 bridgehead atoms. The summed E-state index contributed by atoms with van der Waals surface area (Å²) in [4.78, 5) is 6.56. The molecule has 1 aromatic heterocycles. The number of pyridine rings is 1. The van der Waals surface area contributed by atoms with Gasteiger partial charge >= 0.3 is 0 Å². The third-order valence-electron chi connectivity index (χ3n) is 3.00. The molecule has 1 N–H and O–H groups in total. The van der Waals surface area contributed by atoms with Crippen LogP contribution in [0.4, 0.5) is 5.82 Å². The molecule has 0 radical (unpaired) electrons. The molecule has 17 heavy (non-hydrogen) atoms. The normalized spacial score (nSPS) is 16.3. The Balaban J connectivity index is 2.10. The summed E-state index contributed by atoms with van der Waals surface area (Å²) in [5.74, 6) is 0.909. The summed E-state index contributed by atoms with van der Waals surface area (Å²) in [5, 5.41) is 18.1. The quantitative estimate of drug-likeness (QED) is 0.842. The van der Waals surface area contributed by atoms with Crippen LogP contribution >= 0.6 is 0 Å². The molecule has 1 unspecified atom stereocenters. The van der Waals surface area contributed by atoms with Crippen molar-refractivity contribution in [1.82, 2.24) is 4.98 Å². The molecule has 1 aromatic rings. The van der Waals surface area contributed by atoms with E-state index in [2.05, 4.69) is 16.0 Å². The Kier molecular flexibility index (Phi) is 3.60. The van der Waals surface area contributed by atoms with E-state index in [4.69, 9.17) is 5.26 Å². The standard InChI is InChI=1S/C13H17N3O/c1-10(17)11-3-6-13(15-9-11)16(8-2-7-14)12-4-5-12/h3,6,9-10,12,17H,2,4-5,8H2,1H3. The molecule has 1 fully saturated rings. The first kappa shape index (κ1) is 11.9. The van der Waals surface area contributed by atoms with Crippen molar-refractivity contribution in [2.75, 3.05) is 11.4 Å².